The summed E-state index contributed by atoms with van der Waals surface area (Å²) in [4.78, 5) is 29.0. The van der Waals surface area contributed by atoms with Crippen molar-refractivity contribution >= 4 is 5.91 Å². The van der Waals surface area contributed by atoms with Crippen LogP contribution >= 0.6 is 0 Å². The minimum atomic E-state index is -0.0599. The number of aromatic nitrogens is 6. The summed E-state index contributed by atoms with van der Waals surface area (Å²) in [6.45, 7) is 1.46. The lowest BCUT2D eigenvalue weighted by Gasteiger charge is -2.27. The highest BCUT2D eigenvalue weighted by molar-refractivity contribution is 5.92. The van der Waals surface area contributed by atoms with Gasteiger partial charge < -0.3 is 14.6 Å². The number of hydrogen-bond donors (Lipinski definition) is 1. The van der Waals surface area contributed by atoms with Crippen molar-refractivity contribution in [1.82, 2.24) is 34.6 Å². The maximum absolute atomic E-state index is 12.5. The van der Waals surface area contributed by atoms with Crippen molar-refractivity contribution in [2.45, 2.75) is 19.6 Å². The van der Waals surface area contributed by atoms with Crippen molar-refractivity contribution in [1.29, 1.82) is 0 Å². The Morgan fingerprint density at radius 2 is 2.12 bits per heavy atom. The van der Waals surface area contributed by atoms with Gasteiger partial charge in [-0.25, -0.2) is 15.0 Å². The lowest BCUT2D eigenvalue weighted by molar-refractivity contribution is 0.0727. The van der Waals surface area contributed by atoms with Gasteiger partial charge in [-0.2, -0.15) is 5.10 Å². The number of nitrogens with zero attached hydrogens (tertiary/aromatic N) is 6. The van der Waals surface area contributed by atoms with Gasteiger partial charge in [0.1, 0.15) is 24.3 Å². The maximum Gasteiger partial charge on any atom is 0.272 e. The van der Waals surface area contributed by atoms with E-state index in [2.05, 4.69) is 25.0 Å². The molecule has 4 heterocycles. The van der Waals surface area contributed by atoms with Crippen LogP contribution in [0.15, 0.2) is 31.2 Å². The van der Waals surface area contributed by atoms with Gasteiger partial charge in [-0.1, -0.05) is 0 Å². The molecule has 25 heavy (non-hydrogen) atoms. The molecule has 1 N–H and O–H groups in total. The Morgan fingerprint density at radius 3 is 2.88 bits per heavy atom. The van der Waals surface area contributed by atoms with E-state index in [4.69, 9.17) is 4.74 Å². The summed E-state index contributed by atoms with van der Waals surface area (Å²) in [5.41, 5.74) is 3.49. The average Bonchev–Trinajstić information content (AvgIpc) is 3.29. The smallest absolute Gasteiger partial charge is 0.272 e. The Kier molecular flexibility index (Phi) is 3.88. The van der Waals surface area contributed by atoms with Crippen LogP contribution in [0, 0.1) is 0 Å². The number of aromatic amines is 1. The first-order chi connectivity index (χ1) is 12.2. The number of carbonyl (C=O) groups is 1. The molecule has 0 unspecified atom stereocenters. The Hall–Kier alpha value is -3.23. The lowest BCUT2D eigenvalue weighted by Crippen LogP contribution is -2.36. The molecule has 0 atom stereocenters. The maximum atomic E-state index is 12.5. The molecule has 0 aliphatic carbocycles. The van der Waals surface area contributed by atoms with E-state index in [1.807, 2.05) is 11.7 Å². The number of nitrogens with one attached hydrogen (secondary N) is 1. The van der Waals surface area contributed by atoms with Gasteiger partial charge in [0.15, 0.2) is 5.75 Å². The standard InChI is InChI=1S/C16H17N7O2/c1-22-15-2-3-23(16(24)13-6-19-10-20-13)7-12(15)14(21-22)8-25-11-4-17-9-18-5-11/h4-6,9-10H,2-3,7-8H2,1H3,(H,19,20). The van der Waals surface area contributed by atoms with E-state index in [0.717, 1.165) is 23.4 Å². The highest BCUT2D eigenvalue weighted by Crippen LogP contribution is 2.24. The Balaban J connectivity index is 1.53. The third-order valence-electron chi connectivity index (χ3n) is 4.25. The van der Waals surface area contributed by atoms with E-state index in [-0.39, 0.29) is 5.91 Å². The number of rotatable bonds is 4. The summed E-state index contributed by atoms with van der Waals surface area (Å²) in [5, 5.41) is 4.56. The second-order valence-electron chi connectivity index (χ2n) is 5.80. The molecular formula is C16H17N7O2. The van der Waals surface area contributed by atoms with E-state index in [9.17, 15) is 4.79 Å². The molecule has 4 rings (SSSR count). The Bertz CT molecular complexity index is 874. The van der Waals surface area contributed by atoms with Gasteiger partial charge in [0, 0.05) is 37.8 Å². The molecule has 3 aromatic rings. The zero-order chi connectivity index (χ0) is 17.2. The molecule has 0 saturated heterocycles. The highest BCUT2D eigenvalue weighted by atomic mass is 16.5. The van der Waals surface area contributed by atoms with Gasteiger partial charge in [0.25, 0.3) is 5.91 Å². The molecule has 9 heteroatoms. The number of aryl methyl sites for hydroxylation is 1. The van der Waals surface area contributed by atoms with Gasteiger partial charge in [0.05, 0.1) is 24.9 Å². The van der Waals surface area contributed by atoms with E-state index < -0.39 is 0 Å². The number of imidazole rings is 1. The third kappa shape index (κ3) is 2.95. The van der Waals surface area contributed by atoms with Crippen LogP contribution in [-0.2, 0) is 26.6 Å². The zero-order valence-electron chi connectivity index (χ0n) is 13.7. The Morgan fingerprint density at radius 1 is 1.28 bits per heavy atom. The number of fused-ring (bicyclic) bond motifs is 1. The summed E-state index contributed by atoms with van der Waals surface area (Å²) in [6.07, 6.45) is 8.48. The first-order valence-electron chi connectivity index (χ1n) is 7.91. The molecule has 0 saturated carbocycles. The van der Waals surface area contributed by atoms with Crippen LogP contribution in [0.5, 0.6) is 5.75 Å². The summed E-state index contributed by atoms with van der Waals surface area (Å²) >= 11 is 0. The minimum absolute atomic E-state index is 0.0599. The molecule has 0 fully saturated rings. The monoisotopic (exact) mass is 339 g/mol. The van der Waals surface area contributed by atoms with E-state index in [0.29, 0.717) is 31.1 Å². The first-order valence-corrected chi connectivity index (χ1v) is 7.91. The summed E-state index contributed by atoms with van der Waals surface area (Å²) in [7, 11) is 1.92. The van der Waals surface area contributed by atoms with Crippen molar-refractivity contribution < 1.29 is 9.53 Å². The molecule has 1 amide bonds. The fraction of sp³-hybridized carbons (Fsp3) is 0.312. The second-order valence-corrected chi connectivity index (χ2v) is 5.80. The average molecular weight is 339 g/mol. The van der Waals surface area contributed by atoms with Crippen LogP contribution < -0.4 is 4.74 Å². The molecule has 0 aromatic carbocycles. The summed E-state index contributed by atoms with van der Waals surface area (Å²) in [5.74, 6) is 0.526. The number of carbonyl (C=O) groups excluding carboxylic acids is 1. The molecule has 0 spiro atoms. The second kappa shape index (κ2) is 6.34. The minimum Gasteiger partial charge on any atom is -0.484 e. The number of hydrogen-bond acceptors (Lipinski definition) is 6. The molecular weight excluding hydrogens is 322 g/mol. The van der Waals surface area contributed by atoms with Crippen molar-refractivity contribution in [3.8, 4) is 5.75 Å². The largest absolute Gasteiger partial charge is 0.484 e. The molecule has 0 radical (unpaired) electrons. The van der Waals surface area contributed by atoms with Crippen LogP contribution in [0.3, 0.4) is 0 Å². The van der Waals surface area contributed by atoms with Gasteiger partial charge in [0.2, 0.25) is 0 Å². The van der Waals surface area contributed by atoms with Crippen molar-refractivity contribution in [3.05, 3.63) is 53.9 Å². The fourth-order valence-electron chi connectivity index (χ4n) is 3.01. The van der Waals surface area contributed by atoms with Crippen LogP contribution in [-0.4, -0.2) is 47.1 Å². The zero-order valence-corrected chi connectivity index (χ0v) is 13.7. The van der Waals surface area contributed by atoms with Gasteiger partial charge in [-0.15, -0.1) is 0 Å². The van der Waals surface area contributed by atoms with Gasteiger partial charge in [-0.3, -0.25) is 9.48 Å². The predicted molar refractivity (Wildman–Crippen MR) is 86.6 cm³/mol. The van der Waals surface area contributed by atoms with Gasteiger partial charge >= 0.3 is 0 Å². The molecule has 1 aliphatic heterocycles. The van der Waals surface area contributed by atoms with E-state index in [1.165, 1.54) is 12.7 Å². The van der Waals surface area contributed by atoms with E-state index in [1.54, 1.807) is 23.5 Å². The Labute approximate surface area is 143 Å². The number of amides is 1. The van der Waals surface area contributed by atoms with Crippen molar-refractivity contribution in [2.24, 2.45) is 7.05 Å². The summed E-state index contributed by atoms with van der Waals surface area (Å²) < 4.78 is 7.59. The summed E-state index contributed by atoms with van der Waals surface area (Å²) in [6, 6.07) is 0. The molecule has 1 aliphatic rings. The molecule has 3 aromatic heterocycles. The normalized spacial score (nSPS) is 13.6. The predicted octanol–water partition coefficient (Wildman–Crippen LogP) is 0.711. The topological polar surface area (TPSA) is 102 Å². The van der Waals surface area contributed by atoms with Crippen LogP contribution in [0.1, 0.15) is 27.4 Å². The highest BCUT2D eigenvalue weighted by Gasteiger charge is 2.27. The van der Waals surface area contributed by atoms with Crippen LogP contribution in [0.25, 0.3) is 0 Å². The van der Waals surface area contributed by atoms with Gasteiger partial charge in [-0.05, 0) is 0 Å². The van der Waals surface area contributed by atoms with Crippen molar-refractivity contribution in [2.75, 3.05) is 6.54 Å². The van der Waals surface area contributed by atoms with Crippen LogP contribution in [0.4, 0.5) is 0 Å². The first kappa shape index (κ1) is 15.3. The SMILES string of the molecule is Cn1nc(COc2cncnc2)c2c1CCN(C(=O)c1cnc[nH]1)C2. The fourth-order valence-corrected chi connectivity index (χ4v) is 3.01. The molecule has 9 nitrogen and oxygen atoms in total. The number of ether oxygens (including phenoxy) is 1. The third-order valence-corrected chi connectivity index (χ3v) is 4.25. The molecule has 128 valence electrons. The number of H-pyrrole nitrogens is 1. The van der Waals surface area contributed by atoms with E-state index >= 15 is 0 Å². The molecule has 0 bridgehead atoms. The quantitative estimate of drug-likeness (QED) is 0.751. The van der Waals surface area contributed by atoms with Crippen LogP contribution in [0.2, 0.25) is 0 Å². The lowest BCUT2D eigenvalue weighted by atomic mass is 10.0. The van der Waals surface area contributed by atoms with Crippen molar-refractivity contribution in [3.63, 3.8) is 0 Å².